The van der Waals surface area contributed by atoms with Crippen molar-refractivity contribution >= 4 is 21.7 Å². The zero-order valence-corrected chi connectivity index (χ0v) is 9.11. The van der Waals surface area contributed by atoms with Gasteiger partial charge in [-0.25, -0.2) is 4.79 Å². The molecule has 0 aliphatic rings. The summed E-state index contributed by atoms with van der Waals surface area (Å²) in [4.78, 5) is 11.3. The molecule has 0 atom stereocenters. The highest BCUT2D eigenvalue weighted by molar-refractivity contribution is 7.85. The Morgan fingerprint density at radius 1 is 1.31 bits per heavy atom. The molecule has 0 saturated carbocycles. The summed E-state index contributed by atoms with van der Waals surface area (Å²) in [5.41, 5.74) is 0.562. The van der Waals surface area contributed by atoms with E-state index in [1.54, 1.807) is 30.3 Å². The second-order valence-electron chi connectivity index (χ2n) is 2.98. The fraction of sp³-hybridized carbons (Fsp3) is 0.100. The van der Waals surface area contributed by atoms with Gasteiger partial charge in [0.25, 0.3) is 0 Å². The zero-order chi connectivity index (χ0) is 12.2. The van der Waals surface area contributed by atoms with Gasteiger partial charge >= 0.3 is 16.1 Å². The van der Waals surface area contributed by atoms with Gasteiger partial charge in [0.15, 0.2) is 0 Å². The molecule has 16 heavy (non-hydrogen) atoms. The van der Waals surface area contributed by atoms with Crippen molar-refractivity contribution in [2.45, 2.75) is 0 Å². The van der Waals surface area contributed by atoms with Gasteiger partial charge in [0.05, 0.1) is 5.57 Å². The van der Waals surface area contributed by atoms with Gasteiger partial charge in [-0.15, -0.1) is 0 Å². The van der Waals surface area contributed by atoms with Crippen molar-refractivity contribution in [3.05, 3.63) is 42.5 Å². The molecule has 86 valence electrons. The molecule has 0 aromatic heterocycles. The van der Waals surface area contributed by atoms with Crippen LogP contribution in [-0.4, -0.2) is 24.9 Å². The SMILES string of the molecule is C=C(C(=O)OCS(=O)(=O)O)c1ccccc1. The van der Waals surface area contributed by atoms with Gasteiger partial charge in [-0.3, -0.25) is 4.55 Å². The number of esters is 1. The van der Waals surface area contributed by atoms with Crippen LogP contribution in [0.2, 0.25) is 0 Å². The van der Waals surface area contributed by atoms with Gasteiger partial charge in [0.1, 0.15) is 0 Å². The van der Waals surface area contributed by atoms with E-state index in [1.807, 2.05) is 0 Å². The summed E-state index contributed by atoms with van der Waals surface area (Å²) < 4.78 is 33.4. The standard InChI is InChI=1S/C10H10O5S/c1-8(9-5-3-2-4-6-9)10(11)15-7-16(12,13)14/h2-6H,1,7H2,(H,12,13,14). The number of benzene rings is 1. The fourth-order valence-electron chi connectivity index (χ4n) is 0.972. The average molecular weight is 242 g/mol. The largest absolute Gasteiger partial charge is 0.443 e. The molecule has 6 heteroatoms. The molecule has 0 saturated heterocycles. The van der Waals surface area contributed by atoms with Crippen LogP contribution in [0, 0.1) is 0 Å². The lowest BCUT2D eigenvalue weighted by Crippen LogP contribution is -2.14. The Labute approximate surface area is 93.1 Å². The summed E-state index contributed by atoms with van der Waals surface area (Å²) in [6.45, 7) is 3.47. The Balaban J connectivity index is 2.66. The molecule has 1 aromatic rings. The van der Waals surface area contributed by atoms with Crippen LogP contribution in [-0.2, 0) is 19.6 Å². The lowest BCUT2D eigenvalue weighted by atomic mass is 10.1. The van der Waals surface area contributed by atoms with Crippen molar-refractivity contribution < 1.29 is 22.5 Å². The Morgan fingerprint density at radius 3 is 2.38 bits per heavy atom. The molecule has 1 rings (SSSR count). The Morgan fingerprint density at radius 2 is 1.88 bits per heavy atom. The summed E-state index contributed by atoms with van der Waals surface area (Å²) in [7, 11) is -4.32. The fourth-order valence-corrected chi connectivity index (χ4v) is 1.23. The van der Waals surface area contributed by atoms with Crippen molar-refractivity contribution in [3.63, 3.8) is 0 Å². The lowest BCUT2D eigenvalue weighted by Gasteiger charge is -2.05. The van der Waals surface area contributed by atoms with E-state index in [4.69, 9.17) is 4.55 Å². The van der Waals surface area contributed by atoms with E-state index in [-0.39, 0.29) is 5.57 Å². The Bertz CT molecular complexity index is 489. The van der Waals surface area contributed by atoms with Gasteiger partial charge < -0.3 is 4.74 Å². The normalized spacial score (nSPS) is 10.8. The van der Waals surface area contributed by atoms with Crippen LogP contribution in [0.4, 0.5) is 0 Å². The van der Waals surface area contributed by atoms with E-state index >= 15 is 0 Å². The van der Waals surface area contributed by atoms with Crippen LogP contribution in [0.3, 0.4) is 0 Å². The molecule has 0 bridgehead atoms. The molecule has 0 aliphatic heterocycles. The number of hydrogen-bond acceptors (Lipinski definition) is 4. The van der Waals surface area contributed by atoms with Gasteiger partial charge in [-0.2, -0.15) is 8.42 Å². The number of rotatable bonds is 4. The van der Waals surface area contributed by atoms with Crippen molar-refractivity contribution in [3.8, 4) is 0 Å². The maximum absolute atomic E-state index is 11.3. The topological polar surface area (TPSA) is 80.7 Å². The minimum Gasteiger partial charge on any atom is -0.443 e. The van der Waals surface area contributed by atoms with E-state index in [1.165, 1.54) is 0 Å². The third-order valence-electron chi connectivity index (χ3n) is 1.71. The predicted octanol–water partition coefficient (Wildman–Crippen LogP) is 1.09. The van der Waals surface area contributed by atoms with Gasteiger partial charge in [-0.05, 0) is 5.56 Å². The molecule has 0 amide bonds. The molecule has 0 heterocycles. The van der Waals surface area contributed by atoms with Crippen LogP contribution in [0.25, 0.3) is 5.57 Å². The van der Waals surface area contributed by atoms with Crippen LogP contribution in [0.1, 0.15) is 5.56 Å². The average Bonchev–Trinajstić information content (AvgIpc) is 2.25. The van der Waals surface area contributed by atoms with Gasteiger partial charge in [0, 0.05) is 0 Å². The second-order valence-corrected chi connectivity index (χ2v) is 4.38. The molecule has 0 unspecified atom stereocenters. The Kier molecular flexibility index (Phi) is 3.81. The quantitative estimate of drug-likeness (QED) is 0.485. The second kappa shape index (κ2) is 4.91. The summed E-state index contributed by atoms with van der Waals surface area (Å²) in [6, 6.07) is 8.45. The number of carbonyl (C=O) groups is 1. The van der Waals surface area contributed by atoms with Crippen LogP contribution < -0.4 is 0 Å². The van der Waals surface area contributed by atoms with E-state index in [2.05, 4.69) is 11.3 Å². The first-order valence-corrected chi connectivity index (χ1v) is 5.87. The maximum Gasteiger partial charge on any atom is 0.339 e. The predicted molar refractivity (Wildman–Crippen MR) is 58.0 cm³/mol. The lowest BCUT2D eigenvalue weighted by molar-refractivity contribution is -0.134. The molecule has 1 N–H and O–H groups in total. The van der Waals surface area contributed by atoms with Crippen LogP contribution in [0.15, 0.2) is 36.9 Å². The third kappa shape index (κ3) is 3.84. The molecule has 0 spiro atoms. The number of hydrogen-bond donors (Lipinski definition) is 1. The van der Waals surface area contributed by atoms with E-state index in [0.29, 0.717) is 5.56 Å². The van der Waals surface area contributed by atoms with Crippen LogP contribution in [0.5, 0.6) is 0 Å². The minimum absolute atomic E-state index is 0.0317. The Hall–Kier alpha value is -1.66. The number of carbonyl (C=O) groups excluding carboxylic acids is 1. The van der Waals surface area contributed by atoms with E-state index in [0.717, 1.165) is 0 Å². The highest BCUT2D eigenvalue weighted by Crippen LogP contribution is 2.13. The maximum atomic E-state index is 11.3. The molecule has 1 aromatic carbocycles. The molecular weight excluding hydrogens is 232 g/mol. The highest BCUT2D eigenvalue weighted by Gasteiger charge is 2.14. The highest BCUT2D eigenvalue weighted by atomic mass is 32.2. The van der Waals surface area contributed by atoms with Gasteiger partial charge in [0.2, 0.25) is 5.94 Å². The summed E-state index contributed by atoms with van der Waals surface area (Å²) in [5.74, 6) is -1.96. The molecule has 0 fully saturated rings. The van der Waals surface area contributed by atoms with Crippen molar-refractivity contribution in [2.24, 2.45) is 0 Å². The van der Waals surface area contributed by atoms with Crippen molar-refractivity contribution in [1.29, 1.82) is 0 Å². The summed E-state index contributed by atoms with van der Waals surface area (Å²) in [5, 5.41) is 0. The van der Waals surface area contributed by atoms with Crippen molar-refractivity contribution in [1.82, 2.24) is 0 Å². The smallest absolute Gasteiger partial charge is 0.339 e. The van der Waals surface area contributed by atoms with Crippen molar-refractivity contribution in [2.75, 3.05) is 5.94 Å². The monoisotopic (exact) mass is 242 g/mol. The first-order chi connectivity index (χ1) is 7.40. The summed E-state index contributed by atoms with van der Waals surface area (Å²) in [6.07, 6.45) is 0. The molecule has 0 radical (unpaired) electrons. The van der Waals surface area contributed by atoms with Gasteiger partial charge in [-0.1, -0.05) is 36.9 Å². The first kappa shape index (κ1) is 12.4. The molecule has 5 nitrogen and oxygen atoms in total. The molecular formula is C10H10O5S. The van der Waals surface area contributed by atoms with Crippen LogP contribution >= 0.6 is 0 Å². The minimum atomic E-state index is -4.32. The third-order valence-corrected chi connectivity index (χ3v) is 2.12. The first-order valence-electron chi connectivity index (χ1n) is 4.27. The molecule has 0 aliphatic carbocycles. The number of ether oxygens (including phenoxy) is 1. The zero-order valence-electron chi connectivity index (χ0n) is 8.29. The van der Waals surface area contributed by atoms with E-state index < -0.39 is 22.0 Å². The van der Waals surface area contributed by atoms with E-state index in [9.17, 15) is 13.2 Å². The summed E-state index contributed by atoms with van der Waals surface area (Å²) >= 11 is 0.